The Labute approximate surface area is 120 Å². The maximum Gasteiger partial charge on any atom is 0.278 e. The number of fused-ring (bicyclic) bond motifs is 2. The maximum atomic E-state index is 12.4. The fourth-order valence-electron chi connectivity index (χ4n) is 2.73. The van der Waals surface area contributed by atoms with Crippen molar-refractivity contribution in [2.75, 3.05) is 5.32 Å². The number of nitrogens with one attached hydrogen (secondary N) is 1. The van der Waals surface area contributed by atoms with Crippen LogP contribution in [-0.2, 0) is 12.8 Å². The van der Waals surface area contributed by atoms with E-state index in [0.29, 0.717) is 22.5 Å². The third-order valence-corrected chi connectivity index (χ3v) is 3.77. The zero-order valence-electron chi connectivity index (χ0n) is 11.3. The van der Waals surface area contributed by atoms with E-state index in [1.807, 2.05) is 0 Å². The van der Waals surface area contributed by atoms with Crippen LogP contribution in [0.5, 0.6) is 0 Å². The van der Waals surface area contributed by atoms with Crippen molar-refractivity contribution >= 4 is 22.7 Å². The summed E-state index contributed by atoms with van der Waals surface area (Å²) in [5.41, 5.74) is 3.19. The Balaban J connectivity index is 1.67. The average Bonchev–Trinajstić information content (AvgIpc) is 3.14. The summed E-state index contributed by atoms with van der Waals surface area (Å²) in [6.07, 6.45) is 5.21. The minimum absolute atomic E-state index is 0.266. The van der Waals surface area contributed by atoms with Gasteiger partial charge >= 0.3 is 0 Å². The van der Waals surface area contributed by atoms with Crippen molar-refractivity contribution in [1.29, 1.82) is 0 Å². The minimum Gasteiger partial charge on any atom is -0.443 e. The standard InChI is InChI=1S/C15H13N3O3/c19-15(13-9-4-1-2-6-11(9)21-18-13)17-10-5-3-7-12-14(10)16-8-20-12/h3,5,7-8H,1-2,4,6H2,(H,17,19). The van der Waals surface area contributed by atoms with Gasteiger partial charge in [-0.15, -0.1) is 0 Å². The predicted molar refractivity (Wildman–Crippen MR) is 75.1 cm³/mol. The number of benzene rings is 1. The summed E-state index contributed by atoms with van der Waals surface area (Å²) in [6.45, 7) is 0. The number of nitrogens with zero attached hydrogens (tertiary/aromatic N) is 2. The smallest absolute Gasteiger partial charge is 0.278 e. The molecule has 1 N–H and O–H groups in total. The lowest BCUT2D eigenvalue weighted by atomic mass is 9.96. The lowest BCUT2D eigenvalue weighted by Crippen LogP contribution is -2.15. The lowest BCUT2D eigenvalue weighted by molar-refractivity contribution is 0.101. The van der Waals surface area contributed by atoms with Crippen LogP contribution in [0.4, 0.5) is 5.69 Å². The van der Waals surface area contributed by atoms with Crippen LogP contribution in [0, 0.1) is 0 Å². The molecule has 21 heavy (non-hydrogen) atoms. The second kappa shape index (κ2) is 4.73. The molecule has 0 saturated carbocycles. The molecular weight excluding hydrogens is 270 g/mol. The van der Waals surface area contributed by atoms with Gasteiger partial charge in [0.15, 0.2) is 17.7 Å². The summed E-state index contributed by atoms with van der Waals surface area (Å²) in [5.74, 6) is 0.573. The first-order chi connectivity index (χ1) is 10.3. The molecule has 1 aliphatic carbocycles. The molecule has 0 atom stereocenters. The van der Waals surface area contributed by atoms with Crippen LogP contribution in [0.1, 0.15) is 34.7 Å². The zero-order chi connectivity index (χ0) is 14.2. The molecule has 0 fully saturated rings. The van der Waals surface area contributed by atoms with Gasteiger partial charge in [-0.3, -0.25) is 4.79 Å². The molecule has 0 radical (unpaired) electrons. The van der Waals surface area contributed by atoms with Crippen molar-refractivity contribution in [2.45, 2.75) is 25.7 Å². The highest BCUT2D eigenvalue weighted by Crippen LogP contribution is 2.26. The minimum atomic E-state index is -0.266. The third-order valence-electron chi connectivity index (χ3n) is 3.77. The summed E-state index contributed by atoms with van der Waals surface area (Å²) >= 11 is 0. The van der Waals surface area contributed by atoms with Crippen molar-refractivity contribution in [3.05, 3.63) is 41.6 Å². The summed E-state index contributed by atoms with van der Waals surface area (Å²) in [7, 11) is 0. The van der Waals surface area contributed by atoms with E-state index in [2.05, 4.69) is 15.5 Å². The number of carbonyl (C=O) groups excluding carboxylic acids is 1. The zero-order valence-corrected chi connectivity index (χ0v) is 11.3. The molecule has 2 aromatic heterocycles. The number of aromatic nitrogens is 2. The SMILES string of the molecule is O=C(Nc1cccc2ocnc12)c1noc2c1CCCC2. The van der Waals surface area contributed by atoms with Crippen LogP contribution >= 0.6 is 0 Å². The van der Waals surface area contributed by atoms with Gasteiger partial charge < -0.3 is 14.3 Å². The van der Waals surface area contributed by atoms with Gasteiger partial charge in [0, 0.05) is 12.0 Å². The van der Waals surface area contributed by atoms with Gasteiger partial charge in [-0.1, -0.05) is 11.2 Å². The first-order valence-electron chi connectivity index (χ1n) is 6.94. The van der Waals surface area contributed by atoms with Gasteiger partial charge in [0.1, 0.15) is 11.3 Å². The molecule has 0 aliphatic heterocycles. The monoisotopic (exact) mass is 283 g/mol. The van der Waals surface area contributed by atoms with E-state index < -0.39 is 0 Å². The normalized spacial score (nSPS) is 14.1. The van der Waals surface area contributed by atoms with E-state index in [-0.39, 0.29) is 5.91 Å². The van der Waals surface area contributed by atoms with Crippen molar-refractivity contribution in [2.24, 2.45) is 0 Å². The number of rotatable bonds is 2. The molecule has 4 rings (SSSR count). The fourth-order valence-corrected chi connectivity index (χ4v) is 2.73. The molecule has 0 spiro atoms. The quantitative estimate of drug-likeness (QED) is 0.782. The molecule has 2 heterocycles. The number of amides is 1. The Bertz CT molecular complexity index is 819. The number of para-hydroxylation sites is 1. The highest BCUT2D eigenvalue weighted by molar-refractivity contribution is 6.07. The van der Waals surface area contributed by atoms with Gasteiger partial charge in [-0.25, -0.2) is 4.98 Å². The fraction of sp³-hybridized carbons (Fsp3) is 0.267. The van der Waals surface area contributed by atoms with Gasteiger partial charge in [0.2, 0.25) is 0 Å². The number of anilines is 1. The summed E-state index contributed by atoms with van der Waals surface area (Å²) in [6, 6.07) is 5.40. The maximum absolute atomic E-state index is 12.4. The van der Waals surface area contributed by atoms with Gasteiger partial charge in [-0.05, 0) is 31.4 Å². The van der Waals surface area contributed by atoms with Crippen LogP contribution in [0.25, 0.3) is 11.1 Å². The Morgan fingerprint density at radius 1 is 1.24 bits per heavy atom. The molecule has 1 aromatic carbocycles. The Kier molecular flexibility index (Phi) is 2.73. The molecule has 1 aliphatic rings. The van der Waals surface area contributed by atoms with E-state index in [1.165, 1.54) is 6.39 Å². The number of carbonyl (C=O) groups is 1. The molecule has 3 aromatic rings. The highest BCUT2D eigenvalue weighted by atomic mass is 16.5. The number of oxazole rings is 1. The van der Waals surface area contributed by atoms with Crippen molar-refractivity contribution in [3.63, 3.8) is 0 Å². The average molecular weight is 283 g/mol. The Hall–Kier alpha value is -2.63. The van der Waals surface area contributed by atoms with Crippen molar-refractivity contribution in [1.82, 2.24) is 10.1 Å². The van der Waals surface area contributed by atoms with Crippen LogP contribution in [0.15, 0.2) is 33.5 Å². The topological polar surface area (TPSA) is 81.2 Å². The van der Waals surface area contributed by atoms with E-state index in [1.54, 1.807) is 18.2 Å². The second-order valence-corrected chi connectivity index (χ2v) is 5.10. The number of aryl methyl sites for hydroxylation is 1. The van der Waals surface area contributed by atoms with E-state index >= 15 is 0 Å². The number of hydrogen-bond acceptors (Lipinski definition) is 5. The molecule has 0 saturated heterocycles. The molecule has 106 valence electrons. The van der Waals surface area contributed by atoms with Gasteiger partial charge in [-0.2, -0.15) is 0 Å². The van der Waals surface area contributed by atoms with Crippen LogP contribution in [-0.4, -0.2) is 16.0 Å². The highest BCUT2D eigenvalue weighted by Gasteiger charge is 2.24. The van der Waals surface area contributed by atoms with Crippen LogP contribution in [0.3, 0.4) is 0 Å². The summed E-state index contributed by atoms with van der Waals surface area (Å²) in [4.78, 5) is 16.5. The molecule has 6 nitrogen and oxygen atoms in total. The van der Waals surface area contributed by atoms with Crippen molar-refractivity contribution < 1.29 is 13.7 Å². The van der Waals surface area contributed by atoms with Crippen LogP contribution in [0.2, 0.25) is 0 Å². The second-order valence-electron chi connectivity index (χ2n) is 5.10. The van der Waals surface area contributed by atoms with E-state index in [4.69, 9.17) is 8.94 Å². The molecule has 0 unspecified atom stereocenters. The number of hydrogen-bond donors (Lipinski definition) is 1. The van der Waals surface area contributed by atoms with Gasteiger partial charge in [0.25, 0.3) is 5.91 Å². The van der Waals surface area contributed by atoms with Crippen LogP contribution < -0.4 is 5.32 Å². The van der Waals surface area contributed by atoms with E-state index in [9.17, 15) is 4.79 Å². The molecule has 1 amide bonds. The van der Waals surface area contributed by atoms with Gasteiger partial charge in [0.05, 0.1) is 5.69 Å². The van der Waals surface area contributed by atoms with Crippen molar-refractivity contribution in [3.8, 4) is 0 Å². The Morgan fingerprint density at radius 2 is 2.14 bits per heavy atom. The lowest BCUT2D eigenvalue weighted by Gasteiger charge is -2.09. The Morgan fingerprint density at radius 3 is 3.10 bits per heavy atom. The first-order valence-corrected chi connectivity index (χ1v) is 6.94. The summed E-state index contributed by atoms with van der Waals surface area (Å²) < 4.78 is 10.5. The first kappa shape index (κ1) is 12.1. The molecule has 0 bridgehead atoms. The molecular formula is C15H13N3O3. The summed E-state index contributed by atoms with van der Waals surface area (Å²) in [5, 5.41) is 6.77. The largest absolute Gasteiger partial charge is 0.443 e. The third kappa shape index (κ3) is 1.99. The predicted octanol–water partition coefficient (Wildman–Crippen LogP) is 2.95. The molecule has 6 heteroatoms. The van der Waals surface area contributed by atoms with E-state index in [0.717, 1.165) is 37.0 Å².